The maximum atomic E-state index is 12.9. The van der Waals surface area contributed by atoms with Crippen molar-refractivity contribution in [2.45, 2.75) is 13.0 Å². The molecule has 0 aliphatic rings. The molecule has 1 atom stereocenters. The SMILES string of the molecule is CCNC(=O)C(O)c1cc(O)c2nc(NC(=O)Nc3ccc(F)cc3)sc2c1. The van der Waals surface area contributed by atoms with E-state index < -0.39 is 23.9 Å². The number of carbonyl (C=O) groups is 2. The predicted molar refractivity (Wildman–Crippen MR) is 104 cm³/mol. The van der Waals surface area contributed by atoms with Crippen molar-refractivity contribution in [1.82, 2.24) is 10.3 Å². The maximum Gasteiger partial charge on any atom is 0.325 e. The number of rotatable bonds is 5. The van der Waals surface area contributed by atoms with E-state index in [1.165, 1.54) is 36.4 Å². The van der Waals surface area contributed by atoms with Gasteiger partial charge < -0.3 is 20.8 Å². The monoisotopic (exact) mass is 404 g/mol. The largest absolute Gasteiger partial charge is 0.506 e. The first-order chi connectivity index (χ1) is 13.4. The minimum absolute atomic E-state index is 0.203. The van der Waals surface area contributed by atoms with E-state index in [1.807, 2.05) is 0 Å². The van der Waals surface area contributed by atoms with Gasteiger partial charge in [0, 0.05) is 12.2 Å². The lowest BCUT2D eigenvalue weighted by molar-refractivity contribution is -0.129. The molecule has 0 saturated heterocycles. The fourth-order valence-electron chi connectivity index (χ4n) is 2.46. The van der Waals surface area contributed by atoms with Gasteiger partial charge in [-0.25, -0.2) is 14.2 Å². The summed E-state index contributed by atoms with van der Waals surface area (Å²) >= 11 is 1.06. The number of hydrogen-bond donors (Lipinski definition) is 5. The molecule has 0 radical (unpaired) electrons. The predicted octanol–water partition coefficient (Wildman–Crippen LogP) is 2.95. The van der Waals surface area contributed by atoms with Crippen molar-refractivity contribution in [2.24, 2.45) is 0 Å². The fourth-order valence-corrected chi connectivity index (χ4v) is 3.39. The second kappa shape index (κ2) is 8.19. The van der Waals surface area contributed by atoms with Crippen LogP contribution in [0.15, 0.2) is 36.4 Å². The third-order valence-electron chi connectivity index (χ3n) is 3.73. The van der Waals surface area contributed by atoms with Gasteiger partial charge in [0.25, 0.3) is 5.91 Å². The third kappa shape index (κ3) is 4.35. The molecule has 1 heterocycles. The van der Waals surface area contributed by atoms with Crippen LogP contribution in [0.2, 0.25) is 0 Å². The van der Waals surface area contributed by atoms with Crippen molar-refractivity contribution >= 4 is 44.3 Å². The van der Waals surface area contributed by atoms with Crippen LogP contribution in [0.4, 0.5) is 20.0 Å². The van der Waals surface area contributed by atoms with Crippen molar-refractivity contribution < 1.29 is 24.2 Å². The molecule has 8 nitrogen and oxygen atoms in total. The summed E-state index contributed by atoms with van der Waals surface area (Å²) in [5.41, 5.74) is 0.839. The zero-order valence-corrected chi connectivity index (χ0v) is 15.5. The number of anilines is 2. The number of urea groups is 1. The molecule has 2 aromatic carbocycles. The molecule has 0 saturated carbocycles. The van der Waals surface area contributed by atoms with Gasteiger partial charge in [-0.05, 0) is 48.9 Å². The number of phenolic OH excluding ortho intramolecular Hbond substituents is 1. The first-order valence-electron chi connectivity index (χ1n) is 8.30. The first kappa shape index (κ1) is 19.5. The van der Waals surface area contributed by atoms with Crippen LogP contribution < -0.4 is 16.0 Å². The molecule has 0 aliphatic heterocycles. The number of hydrogen-bond acceptors (Lipinski definition) is 6. The second-order valence-electron chi connectivity index (χ2n) is 5.79. The number of aromatic hydroxyl groups is 1. The number of fused-ring (bicyclic) bond motifs is 1. The average molecular weight is 404 g/mol. The highest BCUT2D eigenvalue weighted by molar-refractivity contribution is 7.22. The van der Waals surface area contributed by atoms with Gasteiger partial charge in [-0.3, -0.25) is 10.1 Å². The molecule has 10 heteroatoms. The molecule has 0 bridgehead atoms. The Hall–Kier alpha value is -3.24. The van der Waals surface area contributed by atoms with Crippen LogP contribution in [0.1, 0.15) is 18.6 Å². The Balaban J connectivity index is 1.77. The Morgan fingerprint density at radius 1 is 1.21 bits per heavy atom. The van der Waals surface area contributed by atoms with Crippen molar-refractivity contribution in [3.8, 4) is 5.75 Å². The number of aliphatic hydroxyl groups excluding tert-OH is 1. The normalized spacial score (nSPS) is 11.8. The van der Waals surface area contributed by atoms with E-state index >= 15 is 0 Å². The molecular formula is C18H17FN4O4S. The number of aliphatic hydroxyl groups is 1. The number of carbonyl (C=O) groups excluding carboxylic acids is 2. The van der Waals surface area contributed by atoms with Crippen LogP contribution in [0, 0.1) is 5.82 Å². The van der Waals surface area contributed by atoms with Gasteiger partial charge in [0.1, 0.15) is 17.1 Å². The van der Waals surface area contributed by atoms with E-state index in [0.29, 0.717) is 16.9 Å². The Morgan fingerprint density at radius 3 is 2.61 bits per heavy atom. The third-order valence-corrected chi connectivity index (χ3v) is 4.65. The highest BCUT2D eigenvalue weighted by Gasteiger charge is 2.20. The van der Waals surface area contributed by atoms with Gasteiger partial charge in [0.05, 0.1) is 4.70 Å². The lowest BCUT2D eigenvalue weighted by atomic mass is 10.1. The summed E-state index contributed by atoms with van der Waals surface area (Å²) < 4.78 is 13.4. The summed E-state index contributed by atoms with van der Waals surface area (Å²) in [4.78, 5) is 28.0. The van der Waals surface area contributed by atoms with E-state index in [0.717, 1.165) is 11.3 Å². The van der Waals surface area contributed by atoms with Crippen LogP contribution in [0.3, 0.4) is 0 Å². The van der Waals surface area contributed by atoms with Crippen molar-refractivity contribution in [3.05, 3.63) is 47.8 Å². The van der Waals surface area contributed by atoms with Crippen molar-refractivity contribution in [1.29, 1.82) is 0 Å². The summed E-state index contributed by atoms with van der Waals surface area (Å²) in [6.45, 7) is 2.09. The number of nitrogens with one attached hydrogen (secondary N) is 3. The Labute approximate surface area is 163 Å². The summed E-state index contributed by atoms with van der Waals surface area (Å²) in [5, 5.41) is 28.0. The molecule has 1 aromatic heterocycles. The van der Waals surface area contributed by atoms with E-state index in [4.69, 9.17) is 0 Å². The van der Waals surface area contributed by atoms with Gasteiger partial charge in [0.2, 0.25) is 0 Å². The number of amides is 3. The van der Waals surface area contributed by atoms with Crippen LogP contribution in [0.5, 0.6) is 5.75 Å². The van der Waals surface area contributed by atoms with Crippen molar-refractivity contribution in [2.75, 3.05) is 17.2 Å². The molecule has 0 spiro atoms. The first-order valence-corrected chi connectivity index (χ1v) is 9.12. The lowest BCUT2D eigenvalue weighted by Gasteiger charge is -2.10. The zero-order chi connectivity index (χ0) is 20.3. The van der Waals surface area contributed by atoms with Crippen LogP contribution in [0.25, 0.3) is 10.2 Å². The van der Waals surface area contributed by atoms with E-state index in [-0.39, 0.29) is 22.0 Å². The molecule has 5 N–H and O–H groups in total. The van der Waals surface area contributed by atoms with E-state index in [1.54, 1.807) is 6.92 Å². The average Bonchev–Trinajstić information content (AvgIpc) is 3.06. The number of aromatic nitrogens is 1. The van der Waals surface area contributed by atoms with E-state index in [2.05, 4.69) is 20.9 Å². The lowest BCUT2D eigenvalue weighted by Crippen LogP contribution is -2.28. The van der Waals surface area contributed by atoms with Gasteiger partial charge in [-0.1, -0.05) is 11.3 Å². The van der Waals surface area contributed by atoms with Gasteiger partial charge in [0.15, 0.2) is 11.2 Å². The molecule has 28 heavy (non-hydrogen) atoms. The second-order valence-corrected chi connectivity index (χ2v) is 6.82. The summed E-state index contributed by atoms with van der Waals surface area (Å²) in [6, 6.07) is 7.44. The Kier molecular flexibility index (Phi) is 5.71. The quantitative estimate of drug-likeness (QED) is 0.447. The molecule has 3 rings (SSSR count). The topological polar surface area (TPSA) is 124 Å². The highest BCUT2D eigenvalue weighted by Crippen LogP contribution is 2.35. The molecule has 1 unspecified atom stereocenters. The molecule has 3 amide bonds. The van der Waals surface area contributed by atoms with Gasteiger partial charge >= 0.3 is 6.03 Å². The maximum absolute atomic E-state index is 12.9. The number of nitrogens with zero attached hydrogens (tertiary/aromatic N) is 1. The van der Waals surface area contributed by atoms with E-state index in [9.17, 15) is 24.2 Å². The fraction of sp³-hybridized carbons (Fsp3) is 0.167. The van der Waals surface area contributed by atoms with Crippen molar-refractivity contribution in [3.63, 3.8) is 0 Å². The summed E-state index contributed by atoms with van der Waals surface area (Å²) in [7, 11) is 0. The summed E-state index contributed by atoms with van der Waals surface area (Å²) in [5.74, 6) is -1.22. The summed E-state index contributed by atoms with van der Waals surface area (Å²) in [6.07, 6.45) is -1.43. The number of benzene rings is 2. The number of thiazole rings is 1. The highest BCUT2D eigenvalue weighted by atomic mass is 32.1. The minimum atomic E-state index is -1.43. The Bertz CT molecular complexity index is 1020. The molecule has 146 valence electrons. The molecule has 0 fully saturated rings. The van der Waals surface area contributed by atoms with Crippen LogP contribution >= 0.6 is 11.3 Å². The van der Waals surface area contributed by atoms with Crippen LogP contribution in [-0.2, 0) is 4.79 Å². The smallest absolute Gasteiger partial charge is 0.325 e. The Morgan fingerprint density at radius 2 is 1.93 bits per heavy atom. The molecular weight excluding hydrogens is 387 g/mol. The number of phenols is 1. The molecule has 0 aliphatic carbocycles. The minimum Gasteiger partial charge on any atom is -0.506 e. The van der Waals surface area contributed by atoms with Crippen LogP contribution in [-0.4, -0.2) is 33.7 Å². The van der Waals surface area contributed by atoms with Gasteiger partial charge in [-0.2, -0.15) is 0 Å². The van der Waals surface area contributed by atoms with Gasteiger partial charge in [-0.15, -0.1) is 0 Å². The molecule has 3 aromatic rings. The zero-order valence-electron chi connectivity index (χ0n) is 14.7. The number of likely N-dealkylation sites (N-methyl/N-ethyl adjacent to an activating group) is 1. The standard InChI is InChI=1S/C18H17FN4O4S/c1-2-20-16(26)15(25)9-7-12(24)14-13(8-9)28-18(22-14)23-17(27)21-11-5-3-10(19)4-6-11/h3-8,15,24-25H,2H2,1H3,(H,20,26)(H2,21,22,23,27). The number of halogens is 1.